The number of benzene rings is 1. The monoisotopic (exact) mass is 368 g/mol. The van der Waals surface area contributed by atoms with Gasteiger partial charge >= 0.3 is 5.97 Å². The first-order valence-corrected chi connectivity index (χ1v) is 8.97. The summed E-state index contributed by atoms with van der Waals surface area (Å²) in [5, 5.41) is 11.1. The smallest absolute Gasteiger partial charge is 0.308 e. The fourth-order valence-corrected chi connectivity index (χ4v) is 3.76. The Morgan fingerprint density at radius 3 is 2.72 bits per heavy atom. The van der Waals surface area contributed by atoms with Crippen molar-refractivity contribution < 1.29 is 23.9 Å². The van der Waals surface area contributed by atoms with E-state index in [0.717, 1.165) is 0 Å². The summed E-state index contributed by atoms with van der Waals surface area (Å²) in [5.41, 5.74) is 0.465. The third-order valence-electron chi connectivity index (χ3n) is 4.08. The summed E-state index contributed by atoms with van der Waals surface area (Å²) < 4.78 is 13.7. The summed E-state index contributed by atoms with van der Waals surface area (Å²) in [4.78, 5) is 36.8. The van der Waals surface area contributed by atoms with Gasteiger partial charge in [-0.15, -0.1) is 11.8 Å². The Bertz CT molecular complexity index is 670. The lowest BCUT2D eigenvalue weighted by molar-refractivity contribution is -0.143. The fourth-order valence-electron chi connectivity index (χ4n) is 2.59. The molecule has 0 aromatic heterocycles. The molecule has 1 saturated heterocycles. The third kappa shape index (κ3) is 4.94. The van der Waals surface area contributed by atoms with Crippen LogP contribution in [-0.4, -0.2) is 58.4 Å². The summed E-state index contributed by atoms with van der Waals surface area (Å²) in [5.74, 6) is -2.27. The molecule has 136 valence electrons. The van der Waals surface area contributed by atoms with E-state index in [9.17, 15) is 18.8 Å². The molecular formula is C17H21FN2O4S. The molecule has 0 bridgehead atoms. The van der Waals surface area contributed by atoms with E-state index in [0.29, 0.717) is 11.3 Å². The number of hydrogen-bond acceptors (Lipinski definition) is 4. The van der Waals surface area contributed by atoms with Gasteiger partial charge in [0.25, 0.3) is 0 Å². The lowest BCUT2D eigenvalue weighted by Gasteiger charge is -2.31. The van der Waals surface area contributed by atoms with Gasteiger partial charge in [-0.3, -0.25) is 14.4 Å². The zero-order valence-electron chi connectivity index (χ0n) is 14.1. The summed E-state index contributed by atoms with van der Waals surface area (Å²) >= 11 is 1.31. The van der Waals surface area contributed by atoms with E-state index in [2.05, 4.69) is 5.32 Å². The van der Waals surface area contributed by atoms with Crippen LogP contribution in [0.25, 0.3) is 0 Å². The molecule has 1 aromatic rings. The first-order chi connectivity index (χ1) is 11.8. The summed E-state index contributed by atoms with van der Waals surface area (Å²) in [6, 6.07) is 5.61. The average molecular weight is 368 g/mol. The normalized spacial score (nSPS) is 21.3. The van der Waals surface area contributed by atoms with Crippen molar-refractivity contribution in [2.75, 3.05) is 19.3 Å². The van der Waals surface area contributed by atoms with Crippen LogP contribution in [-0.2, 0) is 20.8 Å². The largest absolute Gasteiger partial charge is 0.481 e. The fraction of sp³-hybridized carbons (Fsp3) is 0.471. The van der Waals surface area contributed by atoms with Gasteiger partial charge in [0.15, 0.2) is 0 Å². The molecule has 3 atom stereocenters. The zero-order valence-corrected chi connectivity index (χ0v) is 14.9. The number of carbonyl (C=O) groups is 3. The van der Waals surface area contributed by atoms with Gasteiger partial charge in [-0.25, -0.2) is 4.39 Å². The van der Waals surface area contributed by atoms with Crippen molar-refractivity contribution in [2.45, 2.75) is 24.6 Å². The number of carboxylic acid groups (broad SMARTS) is 1. The molecule has 25 heavy (non-hydrogen) atoms. The molecule has 6 nitrogen and oxygen atoms in total. The molecule has 1 fully saturated rings. The molecule has 2 N–H and O–H groups in total. The molecule has 0 radical (unpaired) electrons. The van der Waals surface area contributed by atoms with Crippen LogP contribution in [0.2, 0.25) is 0 Å². The molecule has 0 saturated carbocycles. The summed E-state index contributed by atoms with van der Waals surface area (Å²) in [6.07, 6.45) is 0.260. The number of amides is 2. The van der Waals surface area contributed by atoms with Gasteiger partial charge in [-0.1, -0.05) is 25.1 Å². The number of nitrogens with one attached hydrogen (secondary N) is 1. The van der Waals surface area contributed by atoms with E-state index in [1.807, 2.05) is 0 Å². The molecule has 0 spiro atoms. The van der Waals surface area contributed by atoms with Crippen LogP contribution in [0.1, 0.15) is 12.5 Å². The molecule has 1 heterocycles. The number of carboxylic acids is 1. The van der Waals surface area contributed by atoms with Gasteiger partial charge in [0.05, 0.1) is 11.2 Å². The quantitative estimate of drug-likeness (QED) is 0.787. The second-order valence-electron chi connectivity index (χ2n) is 6.14. The van der Waals surface area contributed by atoms with Gasteiger partial charge in [-0.05, 0) is 18.1 Å². The van der Waals surface area contributed by atoms with Crippen LogP contribution in [0.3, 0.4) is 0 Å². The summed E-state index contributed by atoms with van der Waals surface area (Å²) in [7, 11) is 1.52. The van der Waals surface area contributed by atoms with Crippen molar-refractivity contribution >= 4 is 29.5 Å². The first kappa shape index (κ1) is 19.2. The molecule has 8 heteroatoms. The molecular weight excluding hydrogens is 347 g/mol. The minimum Gasteiger partial charge on any atom is -0.481 e. The first-order valence-electron chi connectivity index (χ1n) is 7.92. The molecule has 1 aliphatic rings. The Labute approximate surface area is 149 Å². The number of rotatable bonds is 6. The second-order valence-corrected chi connectivity index (χ2v) is 7.37. The van der Waals surface area contributed by atoms with Crippen LogP contribution < -0.4 is 5.32 Å². The Balaban J connectivity index is 1.92. The lowest BCUT2D eigenvalue weighted by atomic mass is 10.1. The molecule has 1 aliphatic heterocycles. The van der Waals surface area contributed by atoms with E-state index >= 15 is 0 Å². The SMILES string of the molecule is CC(CN(C)C(=O)C1CSC(Cc2ccccc2F)C(=O)N1)C(=O)O. The van der Waals surface area contributed by atoms with Crippen molar-refractivity contribution in [3.8, 4) is 0 Å². The van der Waals surface area contributed by atoms with Crippen LogP contribution in [0.5, 0.6) is 0 Å². The lowest BCUT2D eigenvalue weighted by Crippen LogP contribution is -2.55. The zero-order chi connectivity index (χ0) is 18.6. The van der Waals surface area contributed by atoms with Crippen molar-refractivity contribution in [3.05, 3.63) is 35.6 Å². The minimum atomic E-state index is -0.980. The predicted octanol–water partition coefficient (Wildman–Crippen LogP) is 1.15. The van der Waals surface area contributed by atoms with E-state index in [1.165, 1.54) is 36.7 Å². The minimum absolute atomic E-state index is 0.0733. The van der Waals surface area contributed by atoms with Gasteiger partial charge in [0, 0.05) is 19.3 Å². The Hall–Kier alpha value is -2.09. The maximum atomic E-state index is 13.7. The number of thioether (sulfide) groups is 1. The number of halogens is 1. The molecule has 0 aliphatic carbocycles. The Morgan fingerprint density at radius 1 is 1.44 bits per heavy atom. The van der Waals surface area contributed by atoms with Gasteiger partial charge in [0.1, 0.15) is 11.9 Å². The number of aliphatic carboxylic acids is 1. The molecule has 2 rings (SSSR count). The van der Waals surface area contributed by atoms with Crippen molar-refractivity contribution in [2.24, 2.45) is 5.92 Å². The van der Waals surface area contributed by atoms with E-state index < -0.39 is 23.2 Å². The Kier molecular flexibility index (Phi) is 6.41. The highest BCUT2D eigenvalue weighted by atomic mass is 32.2. The van der Waals surface area contributed by atoms with E-state index in [-0.39, 0.29) is 30.6 Å². The number of carbonyl (C=O) groups excluding carboxylic acids is 2. The highest BCUT2D eigenvalue weighted by Gasteiger charge is 2.34. The van der Waals surface area contributed by atoms with Gasteiger partial charge in [0.2, 0.25) is 11.8 Å². The van der Waals surface area contributed by atoms with Crippen molar-refractivity contribution in [1.82, 2.24) is 10.2 Å². The standard InChI is InChI=1S/C17H21FN2O4S/c1-10(17(23)24)8-20(2)16(22)13-9-25-14(15(21)19-13)7-11-5-3-4-6-12(11)18/h3-6,10,13-14H,7-9H2,1-2H3,(H,19,21)(H,23,24). The van der Waals surface area contributed by atoms with Crippen LogP contribution >= 0.6 is 11.8 Å². The highest BCUT2D eigenvalue weighted by Crippen LogP contribution is 2.23. The van der Waals surface area contributed by atoms with Crippen molar-refractivity contribution in [3.63, 3.8) is 0 Å². The predicted molar refractivity (Wildman–Crippen MR) is 92.7 cm³/mol. The highest BCUT2D eigenvalue weighted by molar-refractivity contribution is 8.00. The molecule has 3 unspecified atom stereocenters. The number of likely N-dealkylation sites (N-methyl/N-ethyl adjacent to an activating group) is 1. The second kappa shape index (κ2) is 8.33. The maximum absolute atomic E-state index is 13.7. The van der Waals surface area contributed by atoms with E-state index in [1.54, 1.807) is 18.2 Å². The van der Waals surface area contributed by atoms with Gasteiger partial charge < -0.3 is 15.3 Å². The Morgan fingerprint density at radius 2 is 2.12 bits per heavy atom. The maximum Gasteiger partial charge on any atom is 0.308 e. The molecule has 1 aromatic carbocycles. The average Bonchev–Trinajstić information content (AvgIpc) is 2.57. The van der Waals surface area contributed by atoms with Crippen molar-refractivity contribution in [1.29, 1.82) is 0 Å². The van der Waals surface area contributed by atoms with Gasteiger partial charge in [-0.2, -0.15) is 0 Å². The molecule has 2 amide bonds. The van der Waals surface area contributed by atoms with Crippen LogP contribution in [0.15, 0.2) is 24.3 Å². The number of hydrogen-bond donors (Lipinski definition) is 2. The van der Waals surface area contributed by atoms with Crippen LogP contribution in [0.4, 0.5) is 4.39 Å². The van der Waals surface area contributed by atoms with Crippen LogP contribution in [0, 0.1) is 11.7 Å². The number of nitrogens with zero attached hydrogens (tertiary/aromatic N) is 1. The van der Waals surface area contributed by atoms with E-state index in [4.69, 9.17) is 5.11 Å². The third-order valence-corrected chi connectivity index (χ3v) is 5.39. The summed E-state index contributed by atoms with van der Waals surface area (Å²) in [6.45, 7) is 1.59. The topological polar surface area (TPSA) is 86.7 Å².